The summed E-state index contributed by atoms with van der Waals surface area (Å²) in [6, 6.07) is 1.50. The fourth-order valence-electron chi connectivity index (χ4n) is 1.17. The van der Waals surface area contributed by atoms with E-state index < -0.39 is 17.7 Å². The Morgan fingerprint density at radius 1 is 1.80 bits per heavy atom. The van der Waals surface area contributed by atoms with E-state index in [0.29, 0.717) is 5.57 Å². The van der Waals surface area contributed by atoms with Gasteiger partial charge in [0, 0.05) is 12.5 Å². The van der Waals surface area contributed by atoms with E-state index in [2.05, 4.69) is 0 Å². The highest BCUT2D eigenvalue weighted by atomic mass is 19.1. The molecule has 1 heterocycles. The molecule has 0 aliphatic carbocycles. The van der Waals surface area contributed by atoms with Crippen LogP contribution in [0.5, 0.6) is 0 Å². The van der Waals surface area contributed by atoms with Gasteiger partial charge in [-0.25, -0.2) is 4.39 Å². The van der Waals surface area contributed by atoms with E-state index in [1.54, 1.807) is 13.0 Å². The molecule has 0 saturated heterocycles. The predicted octanol–water partition coefficient (Wildman–Crippen LogP) is 2.18. The number of ether oxygens (including phenoxy) is 1. The first kappa shape index (κ1) is 11.2. The smallest absolute Gasteiger partial charge is 0.272 e. The fourth-order valence-corrected chi connectivity index (χ4v) is 1.17. The summed E-state index contributed by atoms with van der Waals surface area (Å²) < 4.78 is 17.9. The maximum absolute atomic E-state index is 13.0. The topological polar surface area (TPSA) is 50.1 Å². The molecule has 4 heteroatoms. The first-order chi connectivity index (χ1) is 7.17. The van der Waals surface area contributed by atoms with Crippen LogP contribution in [0.25, 0.3) is 0 Å². The lowest BCUT2D eigenvalue weighted by molar-refractivity contribution is -0.121. The highest BCUT2D eigenvalue weighted by Gasteiger charge is 2.20. The van der Waals surface area contributed by atoms with E-state index in [1.165, 1.54) is 12.1 Å². The summed E-state index contributed by atoms with van der Waals surface area (Å²) in [4.78, 5) is 11.1. The second-order valence-corrected chi connectivity index (χ2v) is 3.00. The highest BCUT2D eigenvalue weighted by Crippen LogP contribution is 2.17. The Morgan fingerprint density at radius 3 is 3.13 bits per heavy atom. The van der Waals surface area contributed by atoms with Gasteiger partial charge >= 0.3 is 0 Å². The van der Waals surface area contributed by atoms with Crippen LogP contribution in [0, 0.1) is 11.3 Å². The van der Waals surface area contributed by atoms with Gasteiger partial charge in [0.2, 0.25) is 0 Å². The third-order valence-electron chi connectivity index (χ3n) is 1.99. The Labute approximate surface area is 87.1 Å². The Hall–Kier alpha value is -1.89. The Morgan fingerprint density at radius 2 is 2.53 bits per heavy atom. The van der Waals surface area contributed by atoms with E-state index in [0.717, 1.165) is 12.3 Å². The number of hydrogen-bond acceptors (Lipinski definition) is 3. The summed E-state index contributed by atoms with van der Waals surface area (Å²) in [6.45, 7) is 1.73. The zero-order valence-corrected chi connectivity index (χ0v) is 8.24. The third kappa shape index (κ3) is 3.06. The molecule has 3 nitrogen and oxygen atoms in total. The molecule has 1 unspecified atom stereocenters. The molecular weight excluding hydrogens is 197 g/mol. The van der Waals surface area contributed by atoms with Crippen LogP contribution in [0.15, 0.2) is 35.9 Å². The molecule has 0 bridgehead atoms. The summed E-state index contributed by atoms with van der Waals surface area (Å²) >= 11 is 0. The van der Waals surface area contributed by atoms with Crippen LogP contribution in [0.2, 0.25) is 0 Å². The lowest BCUT2D eigenvalue weighted by atomic mass is 10.0. The Bertz CT molecular complexity index is 388. The van der Waals surface area contributed by atoms with E-state index in [9.17, 15) is 9.18 Å². The van der Waals surface area contributed by atoms with E-state index >= 15 is 0 Å². The summed E-state index contributed by atoms with van der Waals surface area (Å²) in [5, 5.41) is 8.45. The van der Waals surface area contributed by atoms with Gasteiger partial charge in [0.05, 0.1) is 6.26 Å². The van der Waals surface area contributed by atoms with E-state index in [4.69, 9.17) is 10.00 Å². The first-order valence-corrected chi connectivity index (χ1v) is 4.45. The molecule has 0 N–H and O–H groups in total. The van der Waals surface area contributed by atoms with Gasteiger partial charge in [-0.3, -0.25) is 4.79 Å². The Kier molecular flexibility index (Phi) is 3.81. The predicted molar refractivity (Wildman–Crippen MR) is 52.2 cm³/mol. The van der Waals surface area contributed by atoms with Gasteiger partial charge in [-0.2, -0.15) is 5.26 Å². The number of nitrogens with zero attached hydrogens (tertiary/aromatic N) is 1. The third-order valence-corrected chi connectivity index (χ3v) is 1.99. The molecule has 0 spiro atoms. The van der Waals surface area contributed by atoms with Crippen LogP contribution < -0.4 is 0 Å². The van der Waals surface area contributed by atoms with Crippen LogP contribution in [0.3, 0.4) is 0 Å². The first-order valence-electron chi connectivity index (χ1n) is 4.45. The maximum atomic E-state index is 13.0. The van der Waals surface area contributed by atoms with Crippen LogP contribution in [-0.2, 0) is 9.53 Å². The van der Waals surface area contributed by atoms with Crippen molar-refractivity contribution in [3.63, 3.8) is 0 Å². The number of allylic oxidation sites excluding steroid dienone is 4. The molecule has 0 saturated carbocycles. The number of rotatable bonds is 1. The number of ketones is 1. The molecule has 1 aliphatic heterocycles. The number of carbonyl (C=O) groups is 1. The summed E-state index contributed by atoms with van der Waals surface area (Å²) in [5.41, 5.74) is 0.630. The molecule has 1 rings (SSSR count). The molecule has 0 aromatic heterocycles. The molecule has 0 radical (unpaired) electrons. The van der Waals surface area contributed by atoms with Crippen molar-refractivity contribution in [2.45, 2.75) is 19.4 Å². The second kappa shape index (κ2) is 5.11. The van der Waals surface area contributed by atoms with Crippen molar-refractivity contribution >= 4 is 5.78 Å². The van der Waals surface area contributed by atoms with Crippen molar-refractivity contribution in [1.82, 2.24) is 0 Å². The van der Waals surface area contributed by atoms with Gasteiger partial charge in [0.1, 0.15) is 11.9 Å². The van der Waals surface area contributed by atoms with Crippen molar-refractivity contribution in [1.29, 1.82) is 5.26 Å². The number of Topliss-reactive ketones (excluding diaryl/α,β-unsaturated/α-hetero) is 1. The van der Waals surface area contributed by atoms with E-state index in [-0.39, 0.29) is 6.42 Å². The molecule has 15 heavy (non-hydrogen) atoms. The molecule has 1 aliphatic rings. The van der Waals surface area contributed by atoms with Gasteiger partial charge in [0.25, 0.3) is 5.78 Å². The number of halogens is 1. The molecule has 1 atom stereocenters. The lowest BCUT2D eigenvalue weighted by Crippen LogP contribution is -2.21. The monoisotopic (exact) mass is 207 g/mol. The molecule has 0 aromatic carbocycles. The van der Waals surface area contributed by atoms with Crippen molar-refractivity contribution in [2.24, 2.45) is 0 Å². The number of nitriles is 1. The van der Waals surface area contributed by atoms with E-state index in [1.807, 2.05) is 0 Å². The fraction of sp³-hybridized carbons (Fsp3) is 0.273. The second-order valence-electron chi connectivity index (χ2n) is 3.00. The van der Waals surface area contributed by atoms with Gasteiger partial charge in [0.15, 0.2) is 6.10 Å². The van der Waals surface area contributed by atoms with Gasteiger partial charge in [-0.15, -0.1) is 0 Å². The SMILES string of the molecule is C/C=C1/C=C(F)\C=C/OC(C(=O)C#N)C1. The summed E-state index contributed by atoms with van der Waals surface area (Å²) in [7, 11) is 0. The van der Waals surface area contributed by atoms with Crippen LogP contribution in [0.4, 0.5) is 4.39 Å². The van der Waals surface area contributed by atoms with Crippen molar-refractivity contribution < 1.29 is 13.9 Å². The highest BCUT2D eigenvalue weighted by molar-refractivity contribution is 5.97. The largest absolute Gasteiger partial charge is 0.489 e. The van der Waals surface area contributed by atoms with Crippen LogP contribution >= 0.6 is 0 Å². The minimum Gasteiger partial charge on any atom is -0.489 e. The quantitative estimate of drug-likeness (QED) is 0.619. The van der Waals surface area contributed by atoms with Crippen LogP contribution in [-0.4, -0.2) is 11.9 Å². The number of carbonyl (C=O) groups excluding carboxylic acids is 1. The summed E-state index contributed by atoms with van der Waals surface area (Å²) in [5.74, 6) is -1.10. The Balaban J connectivity index is 2.90. The van der Waals surface area contributed by atoms with Gasteiger partial charge < -0.3 is 4.74 Å². The molecule has 0 aromatic rings. The zero-order valence-electron chi connectivity index (χ0n) is 8.24. The van der Waals surface area contributed by atoms with Crippen molar-refractivity contribution in [2.75, 3.05) is 0 Å². The normalized spacial score (nSPS) is 29.0. The maximum Gasteiger partial charge on any atom is 0.272 e. The summed E-state index contributed by atoms with van der Waals surface area (Å²) in [6.07, 6.45) is 4.57. The zero-order chi connectivity index (χ0) is 11.3. The van der Waals surface area contributed by atoms with Crippen molar-refractivity contribution in [3.8, 4) is 6.07 Å². The molecule has 78 valence electrons. The molecule has 0 amide bonds. The lowest BCUT2D eigenvalue weighted by Gasteiger charge is -2.14. The standard InChI is InChI=1S/C11H10FNO2/c1-2-8-5-9(12)3-4-15-11(6-8)10(14)7-13/h2-5,11H,6H2,1H3/b4-3-,8-2-,9-5+. The van der Waals surface area contributed by atoms with Crippen LogP contribution in [0.1, 0.15) is 13.3 Å². The number of hydrogen-bond donors (Lipinski definition) is 0. The van der Waals surface area contributed by atoms with Gasteiger partial charge in [-0.05, 0) is 18.6 Å². The minimum atomic E-state index is -0.846. The van der Waals surface area contributed by atoms with Crippen molar-refractivity contribution in [3.05, 3.63) is 35.9 Å². The van der Waals surface area contributed by atoms with Gasteiger partial charge in [-0.1, -0.05) is 6.08 Å². The average Bonchev–Trinajstić information content (AvgIpc) is 2.21. The minimum absolute atomic E-state index is 0.209. The average molecular weight is 207 g/mol. The molecule has 0 fully saturated rings. The molecular formula is C11H10FNO2.